The molecule has 0 radical (unpaired) electrons. The summed E-state index contributed by atoms with van der Waals surface area (Å²) >= 11 is 3.45. The number of aryl methyl sites for hydroxylation is 1. The molecule has 0 aromatic heterocycles. The number of halogens is 1. The van der Waals surface area contributed by atoms with Crippen LogP contribution < -0.4 is 9.64 Å². The maximum Gasteiger partial charge on any atom is 0.414 e. The van der Waals surface area contributed by atoms with Gasteiger partial charge in [-0.3, -0.25) is 4.90 Å². The molecule has 0 bridgehead atoms. The van der Waals surface area contributed by atoms with E-state index in [2.05, 4.69) is 22.0 Å². The first kappa shape index (κ1) is 20.1. The van der Waals surface area contributed by atoms with Crippen LogP contribution in [0.1, 0.15) is 58.4 Å². The predicted octanol–water partition coefficient (Wildman–Crippen LogP) is 5.71. The fourth-order valence-corrected chi connectivity index (χ4v) is 3.31. The molecule has 0 N–H and O–H groups in total. The highest BCUT2D eigenvalue weighted by molar-refractivity contribution is 9.09. The number of unbranched alkanes of at least 4 members (excludes halogenated alkanes) is 3. The number of hydrogen-bond donors (Lipinski definition) is 0. The maximum absolute atomic E-state index is 12.4. The summed E-state index contributed by atoms with van der Waals surface area (Å²) in [6.45, 7) is 7.13. The first-order valence-corrected chi connectivity index (χ1v) is 10.3. The van der Waals surface area contributed by atoms with E-state index in [9.17, 15) is 4.79 Å². The van der Waals surface area contributed by atoms with Gasteiger partial charge >= 0.3 is 6.09 Å². The van der Waals surface area contributed by atoms with E-state index in [4.69, 9.17) is 9.47 Å². The SMILES string of the molecule is CC(C)(C)OC(=O)N1CCCc2cc(OCCCCCCBr)ccc21. The number of fused-ring (bicyclic) bond motifs is 1. The fraction of sp³-hybridized carbons (Fsp3) is 0.650. The van der Waals surface area contributed by atoms with Crippen molar-refractivity contribution < 1.29 is 14.3 Å². The monoisotopic (exact) mass is 411 g/mol. The third kappa shape index (κ3) is 6.53. The smallest absolute Gasteiger partial charge is 0.414 e. The molecule has 5 heteroatoms. The zero-order valence-electron chi connectivity index (χ0n) is 15.6. The van der Waals surface area contributed by atoms with Crippen LogP contribution >= 0.6 is 15.9 Å². The Balaban J connectivity index is 1.94. The molecule has 0 spiro atoms. The van der Waals surface area contributed by atoms with Gasteiger partial charge in [0, 0.05) is 11.9 Å². The normalized spacial score (nSPS) is 14.2. The van der Waals surface area contributed by atoms with E-state index in [0.29, 0.717) is 6.54 Å². The molecule has 0 fully saturated rings. The Bertz CT molecular complexity index is 569. The quantitative estimate of drug-likeness (QED) is 0.425. The van der Waals surface area contributed by atoms with E-state index in [-0.39, 0.29) is 6.09 Å². The first-order valence-electron chi connectivity index (χ1n) is 9.23. The van der Waals surface area contributed by atoms with Crippen molar-refractivity contribution in [1.29, 1.82) is 0 Å². The van der Waals surface area contributed by atoms with Crippen LogP contribution in [0.15, 0.2) is 18.2 Å². The number of hydrogen-bond acceptors (Lipinski definition) is 3. The zero-order valence-corrected chi connectivity index (χ0v) is 17.2. The van der Waals surface area contributed by atoms with Crippen LogP contribution in [-0.2, 0) is 11.2 Å². The predicted molar refractivity (Wildman–Crippen MR) is 106 cm³/mol. The van der Waals surface area contributed by atoms with Crippen LogP contribution in [0.3, 0.4) is 0 Å². The molecular formula is C20H30BrNO3. The van der Waals surface area contributed by atoms with Crippen LogP contribution in [0.25, 0.3) is 0 Å². The second-order valence-corrected chi connectivity index (χ2v) is 8.27. The van der Waals surface area contributed by atoms with Crippen molar-refractivity contribution in [3.05, 3.63) is 23.8 Å². The molecule has 1 aliphatic heterocycles. The van der Waals surface area contributed by atoms with Crippen molar-refractivity contribution in [1.82, 2.24) is 0 Å². The lowest BCUT2D eigenvalue weighted by Gasteiger charge is -2.31. The van der Waals surface area contributed by atoms with Gasteiger partial charge in [0.25, 0.3) is 0 Å². The molecule has 25 heavy (non-hydrogen) atoms. The second-order valence-electron chi connectivity index (χ2n) is 7.48. The summed E-state index contributed by atoms with van der Waals surface area (Å²) in [5, 5.41) is 1.08. The number of carbonyl (C=O) groups is 1. The molecule has 1 aliphatic rings. The van der Waals surface area contributed by atoms with Gasteiger partial charge in [-0.1, -0.05) is 28.8 Å². The third-order valence-electron chi connectivity index (χ3n) is 4.08. The molecule has 0 aliphatic carbocycles. The lowest BCUT2D eigenvalue weighted by atomic mass is 10.0. The molecule has 140 valence electrons. The van der Waals surface area contributed by atoms with Gasteiger partial charge < -0.3 is 9.47 Å². The average Bonchev–Trinajstić information content (AvgIpc) is 2.55. The van der Waals surface area contributed by atoms with Crippen molar-refractivity contribution in [3.63, 3.8) is 0 Å². The molecule has 2 rings (SSSR count). The Morgan fingerprint density at radius 2 is 1.96 bits per heavy atom. The summed E-state index contributed by atoms with van der Waals surface area (Å²) in [6, 6.07) is 6.02. The maximum atomic E-state index is 12.4. The van der Waals surface area contributed by atoms with E-state index in [1.54, 1.807) is 4.90 Å². The van der Waals surface area contributed by atoms with E-state index < -0.39 is 5.60 Å². The van der Waals surface area contributed by atoms with Crippen LogP contribution in [0.2, 0.25) is 0 Å². The van der Waals surface area contributed by atoms with Crippen molar-refractivity contribution in [2.75, 3.05) is 23.4 Å². The highest BCUT2D eigenvalue weighted by Gasteiger charge is 2.27. The summed E-state index contributed by atoms with van der Waals surface area (Å²) in [7, 11) is 0. The number of rotatable bonds is 7. The molecule has 0 saturated carbocycles. The number of ether oxygens (including phenoxy) is 2. The van der Waals surface area contributed by atoms with E-state index in [1.165, 1.54) is 19.3 Å². The van der Waals surface area contributed by atoms with Crippen LogP contribution in [-0.4, -0.2) is 30.2 Å². The van der Waals surface area contributed by atoms with Crippen molar-refractivity contribution >= 4 is 27.7 Å². The Hall–Kier alpha value is -1.23. The van der Waals surface area contributed by atoms with Crippen molar-refractivity contribution in [2.24, 2.45) is 0 Å². The van der Waals surface area contributed by atoms with Gasteiger partial charge in [-0.05, 0) is 70.2 Å². The molecule has 0 atom stereocenters. The van der Waals surface area contributed by atoms with Crippen molar-refractivity contribution in [3.8, 4) is 5.75 Å². The molecular weight excluding hydrogens is 382 g/mol. The average molecular weight is 412 g/mol. The Kier molecular flexibility index (Phi) is 7.60. The van der Waals surface area contributed by atoms with Crippen LogP contribution in [0, 0.1) is 0 Å². The fourth-order valence-electron chi connectivity index (χ4n) is 2.91. The number of alkyl halides is 1. The summed E-state index contributed by atoms with van der Waals surface area (Å²) < 4.78 is 11.4. The summed E-state index contributed by atoms with van der Waals surface area (Å²) in [5.74, 6) is 0.894. The van der Waals surface area contributed by atoms with Gasteiger partial charge in [0.1, 0.15) is 11.4 Å². The molecule has 1 amide bonds. The summed E-state index contributed by atoms with van der Waals surface area (Å²) in [6.07, 6.45) is 6.38. The van der Waals surface area contributed by atoms with Crippen LogP contribution in [0.5, 0.6) is 5.75 Å². The number of anilines is 1. The Morgan fingerprint density at radius 3 is 2.68 bits per heavy atom. The zero-order chi connectivity index (χ0) is 18.3. The molecule has 4 nitrogen and oxygen atoms in total. The standard InChI is InChI=1S/C20H30BrNO3/c1-20(2,3)25-19(23)22-13-8-9-16-15-17(10-11-18(16)22)24-14-7-5-4-6-12-21/h10-11,15H,4-9,12-14H2,1-3H3. The molecule has 1 heterocycles. The largest absolute Gasteiger partial charge is 0.494 e. The number of nitrogens with zero attached hydrogens (tertiary/aromatic N) is 1. The van der Waals surface area contributed by atoms with Crippen LogP contribution in [0.4, 0.5) is 10.5 Å². The molecule has 0 unspecified atom stereocenters. The number of benzene rings is 1. The highest BCUT2D eigenvalue weighted by atomic mass is 79.9. The molecule has 1 aromatic rings. The molecule has 1 aromatic carbocycles. The van der Waals surface area contributed by atoms with Gasteiger partial charge in [0.05, 0.1) is 12.3 Å². The highest BCUT2D eigenvalue weighted by Crippen LogP contribution is 2.31. The number of carbonyl (C=O) groups excluding carboxylic acids is 1. The minimum absolute atomic E-state index is 0.270. The summed E-state index contributed by atoms with van der Waals surface area (Å²) in [5.41, 5.74) is 1.63. The minimum Gasteiger partial charge on any atom is -0.494 e. The third-order valence-corrected chi connectivity index (χ3v) is 4.64. The lowest BCUT2D eigenvalue weighted by Crippen LogP contribution is -2.39. The molecule has 0 saturated heterocycles. The Labute approximate surface area is 160 Å². The number of amides is 1. The van der Waals surface area contributed by atoms with Gasteiger partial charge in [-0.25, -0.2) is 4.79 Å². The summed E-state index contributed by atoms with van der Waals surface area (Å²) in [4.78, 5) is 14.2. The van der Waals surface area contributed by atoms with E-state index in [1.807, 2.05) is 32.9 Å². The second kappa shape index (κ2) is 9.46. The van der Waals surface area contributed by atoms with Gasteiger partial charge in [-0.2, -0.15) is 0 Å². The van der Waals surface area contributed by atoms with Gasteiger partial charge in [0.15, 0.2) is 0 Å². The van der Waals surface area contributed by atoms with E-state index >= 15 is 0 Å². The van der Waals surface area contributed by atoms with Gasteiger partial charge in [0.2, 0.25) is 0 Å². The minimum atomic E-state index is -0.480. The van der Waals surface area contributed by atoms with Crippen molar-refractivity contribution in [2.45, 2.75) is 64.9 Å². The van der Waals surface area contributed by atoms with Gasteiger partial charge in [-0.15, -0.1) is 0 Å². The van der Waals surface area contributed by atoms with E-state index in [0.717, 1.165) is 48.2 Å². The first-order chi connectivity index (χ1) is 11.9. The lowest BCUT2D eigenvalue weighted by molar-refractivity contribution is 0.0578. The topological polar surface area (TPSA) is 38.8 Å². The Morgan fingerprint density at radius 1 is 1.20 bits per heavy atom.